The van der Waals surface area contributed by atoms with Crippen LogP contribution in [0.4, 0.5) is 4.39 Å². The van der Waals surface area contributed by atoms with E-state index in [2.05, 4.69) is 5.32 Å². The molecule has 19 heavy (non-hydrogen) atoms. The van der Waals surface area contributed by atoms with Crippen molar-refractivity contribution in [1.82, 2.24) is 5.32 Å². The molecule has 0 aliphatic heterocycles. The zero-order valence-electron chi connectivity index (χ0n) is 11.1. The third kappa shape index (κ3) is 5.36. The lowest BCUT2D eigenvalue weighted by molar-refractivity contribution is -0.124. The van der Waals surface area contributed by atoms with Gasteiger partial charge in [0.25, 0.3) is 0 Å². The summed E-state index contributed by atoms with van der Waals surface area (Å²) in [4.78, 5) is 11.5. The number of rotatable bonds is 6. The van der Waals surface area contributed by atoms with Crippen LogP contribution in [-0.4, -0.2) is 28.8 Å². The monoisotopic (exact) mass is 269 g/mol. The minimum absolute atomic E-state index is 0.00720. The van der Waals surface area contributed by atoms with Gasteiger partial charge in [-0.05, 0) is 23.6 Å². The largest absolute Gasteiger partial charge is 0.392 e. The second-order valence-electron chi connectivity index (χ2n) is 4.89. The molecular formula is C14H20FNO3. The van der Waals surface area contributed by atoms with Gasteiger partial charge in [-0.15, -0.1) is 0 Å². The summed E-state index contributed by atoms with van der Waals surface area (Å²) in [5.74, 6) is -0.685. The lowest BCUT2D eigenvalue weighted by Gasteiger charge is -2.16. The molecule has 0 bridgehead atoms. The number of amides is 1. The van der Waals surface area contributed by atoms with E-state index in [1.54, 1.807) is 0 Å². The first-order chi connectivity index (χ1) is 8.90. The number of benzene rings is 1. The van der Waals surface area contributed by atoms with Crippen LogP contribution >= 0.6 is 0 Å². The van der Waals surface area contributed by atoms with Gasteiger partial charge < -0.3 is 15.5 Å². The second-order valence-corrected chi connectivity index (χ2v) is 4.89. The predicted molar refractivity (Wildman–Crippen MR) is 69.8 cm³/mol. The van der Waals surface area contributed by atoms with Crippen molar-refractivity contribution >= 4 is 5.91 Å². The number of hydrogen-bond acceptors (Lipinski definition) is 3. The van der Waals surface area contributed by atoms with Gasteiger partial charge >= 0.3 is 0 Å². The van der Waals surface area contributed by atoms with Gasteiger partial charge in [-0.25, -0.2) is 4.39 Å². The molecule has 3 N–H and O–H groups in total. The molecule has 0 aliphatic rings. The summed E-state index contributed by atoms with van der Waals surface area (Å²) in [6, 6.07) is 5.44. The lowest BCUT2D eigenvalue weighted by Crippen LogP contribution is -2.32. The van der Waals surface area contributed by atoms with E-state index in [9.17, 15) is 19.4 Å². The number of aliphatic hydroxyl groups excluding tert-OH is 2. The van der Waals surface area contributed by atoms with Crippen LogP contribution in [0.5, 0.6) is 0 Å². The van der Waals surface area contributed by atoms with Crippen LogP contribution in [0.25, 0.3) is 0 Å². The van der Waals surface area contributed by atoms with Crippen molar-refractivity contribution in [3.8, 4) is 0 Å². The van der Waals surface area contributed by atoms with Crippen LogP contribution < -0.4 is 5.32 Å². The molecule has 0 spiro atoms. The Kier molecular flexibility index (Phi) is 5.92. The Morgan fingerprint density at radius 1 is 1.26 bits per heavy atom. The molecule has 0 aromatic heterocycles. The van der Waals surface area contributed by atoms with E-state index in [0.717, 1.165) is 0 Å². The van der Waals surface area contributed by atoms with Gasteiger partial charge in [-0.1, -0.05) is 26.0 Å². The normalized spacial score (nSPS) is 14.2. The van der Waals surface area contributed by atoms with Gasteiger partial charge in [-0.2, -0.15) is 0 Å². The summed E-state index contributed by atoms with van der Waals surface area (Å²) in [5, 5.41) is 21.9. The quantitative estimate of drug-likeness (QED) is 0.731. The van der Waals surface area contributed by atoms with E-state index in [4.69, 9.17) is 0 Å². The van der Waals surface area contributed by atoms with Crippen LogP contribution in [0.15, 0.2) is 24.3 Å². The topological polar surface area (TPSA) is 69.6 Å². The number of nitrogens with one attached hydrogen (secondary N) is 1. The summed E-state index contributed by atoms with van der Waals surface area (Å²) < 4.78 is 12.7. The van der Waals surface area contributed by atoms with Gasteiger partial charge in [0.15, 0.2) is 0 Å². The summed E-state index contributed by atoms with van der Waals surface area (Å²) in [6.45, 7) is 3.69. The molecule has 0 saturated carbocycles. The Morgan fingerprint density at radius 3 is 2.37 bits per heavy atom. The average molecular weight is 269 g/mol. The van der Waals surface area contributed by atoms with E-state index >= 15 is 0 Å². The maximum Gasteiger partial charge on any atom is 0.222 e. The fraction of sp³-hybridized carbons (Fsp3) is 0.500. The Morgan fingerprint density at radius 2 is 1.84 bits per heavy atom. The van der Waals surface area contributed by atoms with Gasteiger partial charge in [0.2, 0.25) is 5.91 Å². The van der Waals surface area contributed by atoms with E-state index in [1.165, 1.54) is 24.3 Å². The van der Waals surface area contributed by atoms with Crippen LogP contribution in [0.2, 0.25) is 0 Å². The maximum atomic E-state index is 12.7. The molecule has 1 rings (SSSR count). The molecule has 1 aromatic rings. The summed E-state index contributed by atoms with van der Waals surface area (Å²) >= 11 is 0. The highest BCUT2D eigenvalue weighted by atomic mass is 19.1. The molecular weight excluding hydrogens is 249 g/mol. The van der Waals surface area contributed by atoms with E-state index < -0.39 is 12.2 Å². The summed E-state index contributed by atoms with van der Waals surface area (Å²) in [7, 11) is 0. The summed E-state index contributed by atoms with van der Waals surface area (Å²) in [5.41, 5.74) is 0.533. The third-order valence-electron chi connectivity index (χ3n) is 2.91. The fourth-order valence-electron chi connectivity index (χ4n) is 1.51. The van der Waals surface area contributed by atoms with Crippen molar-refractivity contribution in [1.29, 1.82) is 0 Å². The molecule has 0 radical (unpaired) electrons. The van der Waals surface area contributed by atoms with Crippen molar-refractivity contribution in [2.45, 2.75) is 32.5 Å². The third-order valence-corrected chi connectivity index (χ3v) is 2.91. The summed E-state index contributed by atoms with van der Waals surface area (Å²) in [6.07, 6.45) is -1.57. The zero-order chi connectivity index (χ0) is 14.4. The minimum atomic E-state index is -0.888. The Labute approximate surface area is 112 Å². The molecule has 1 aromatic carbocycles. The van der Waals surface area contributed by atoms with Crippen LogP contribution in [-0.2, 0) is 4.79 Å². The number of hydrogen-bond donors (Lipinski definition) is 3. The SMILES string of the molecule is CC(C)C(O)CC(=O)NCC(O)c1ccc(F)cc1. The molecule has 5 heteroatoms. The number of carbonyl (C=O) groups is 1. The van der Waals surface area contributed by atoms with Crippen LogP contribution in [0, 0.1) is 11.7 Å². The number of aliphatic hydroxyl groups is 2. The van der Waals surface area contributed by atoms with Crippen molar-refractivity contribution in [2.75, 3.05) is 6.54 Å². The van der Waals surface area contributed by atoms with Gasteiger partial charge in [0.1, 0.15) is 5.82 Å². The van der Waals surface area contributed by atoms with Crippen LogP contribution in [0.1, 0.15) is 31.9 Å². The highest BCUT2D eigenvalue weighted by Gasteiger charge is 2.15. The smallest absolute Gasteiger partial charge is 0.222 e. The number of carbonyl (C=O) groups excluding carboxylic acids is 1. The lowest BCUT2D eigenvalue weighted by atomic mass is 10.0. The fourth-order valence-corrected chi connectivity index (χ4v) is 1.51. The average Bonchev–Trinajstić information content (AvgIpc) is 2.36. The van der Waals surface area contributed by atoms with Crippen molar-refractivity contribution < 1.29 is 19.4 Å². The highest BCUT2D eigenvalue weighted by molar-refractivity contribution is 5.76. The minimum Gasteiger partial charge on any atom is -0.392 e. The predicted octanol–water partition coefficient (Wildman–Crippen LogP) is 1.38. The van der Waals surface area contributed by atoms with Gasteiger partial charge in [-0.3, -0.25) is 4.79 Å². The first-order valence-corrected chi connectivity index (χ1v) is 6.28. The Bertz CT molecular complexity index is 406. The Balaban J connectivity index is 2.39. The molecule has 2 atom stereocenters. The number of halogens is 1. The highest BCUT2D eigenvalue weighted by Crippen LogP contribution is 2.12. The molecule has 2 unspecified atom stereocenters. The van der Waals surface area contributed by atoms with E-state index in [0.29, 0.717) is 5.56 Å². The van der Waals surface area contributed by atoms with Crippen molar-refractivity contribution in [3.63, 3.8) is 0 Å². The molecule has 4 nitrogen and oxygen atoms in total. The first kappa shape index (κ1) is 15.6. The van der Waals surface area contributed by atoms with Crippen LogP contribution in [0.3, 0.4) is 0 Å². The van der Waals surface area contributed by atoms with Crippen molar-refractivity contribution in [2.24, 2.45) is 5.92 Å². The zero-order valence-corrected chi connectivity index (χ0v) is 11.1. The van der Waals surface area contributed by atoms with Gasteiger partial charge in [0.05, 0.1) is 18.6 Å². The van der Waals surface area contributed by atoms with E-state index in [-0.39, 0.29) is 30.6 Å². The Hall–Kier alpha value is -1.46. The molecule has 0 fully saturated rings. The molecule has 0 saturated heterocycles. The first-order valence-electron chi connectivity index (χ1n) is 6.28. The second kappa shape index (κ2) is 7.21. The molecule has 106 valence electrons. The molecule has 0 heterocycles. The standard InChI is InChI=1S/C14H20FNO3/c1-9(2)12(17)7-14(19)16-8-13(18)10-3-5-11(15)6-4-10/h3-6,9,12-13,17-18H,7-8H2,1-2H3,(H,16,19). The maximum absolute atomic E-state index is 12.7. The van der Waals surface area contributed by atoms with E-state index in [1.807, 2.05) is 13.8 Å². The van der Waals surface area contributed by atoms with Crippen molar-refractivity contribution in [3.05, 3.63) is 35.6 Å². The molecule has 0 aliphatic carbocycles. The van der Waals surface area contributed by atoms with Gasteiger partial charge in [0, 0.05) is 6.54 Å². The molecule has 1 amide bonds.